The number of hydrogen-bond acceptors (Lipinski definition) is 3. The monoisotopic (exact) mass is 709 g/mol. The third-order valence-corrected chi connectivity index (χ3v) is 11.7. The van der Waals surface area contributed by atoms with E-state index in [1.54, 1.807) is 0 Å². The first-order chi connectivity index (χ1) is 27.7. The molecule has 3 nitrogen and oxygen atoms in total. The van der Waals surface area contributed by atoms with Crippen LogP contribution >= 0.6 is 0 Å². The molecule has 0 aliphatic heterocycles. The largest absolute Gasteiger partial charge is 0.256 e. The molecule has 258 valence electrons. The number of nitrogens with zero attached hydrogens (tertiary/aromatic N) is 3. The van der Waals surface area contributed by atoms with Crippen molar-refractivity contribution in [3.8, 4) is 44.8 Å². The van der Waals surface area contributed by atoms with E-state index in [0.717, 1.165) is 55.2 Å². The summed E-state index contributed by atoms with van der Waals surface area (Å²) in [6.07, 6.45) is 1.83. The minimum atomic E-state index is 0.905. The Bertz CT molecular complexity index is 3520. The molecule has 3 heteroatoms. The maximum Gasteiger partial charge on any atom is 0.0972 e. The van der Waals surface area contributed by atoms with Crippen LogP contribution in [0.1, 0.15) is 0 Å². The van der Waals surface area contributed by atoms with E-state index in [0.29, 0.717) is 0 Å². The van der Waals surface area contributed by atoms with Crippen LogP contribution in [0, 0.1) is 0 Å². The fourth-order valence-electron chi connectivity index (χ4n) is 8.90. The molecular formula is C53H31N3. The Morgan fingerprint density at radius 1 is 0.304 bits per heavy atom. The molecule has 12 rings (SSSR count). The lowest BCUT2D eigenvalue weighted by molar-refractivity contribution is 1.37. The lowest BCUT2D eigenvalue weighted by Crippen LogP contribution is -1.93. The van der Waals surface area contributed by atoms with Gasteiger partial charge in [-0.25, -0.2) is 9.97 Å². The minimum Gasteiger partial charge on any atom is -0.256 e. The summed E-state index contributed by atoms with van der Waals surface area (Å²) in [7, 11) is 0. The van der Waals surface area contributed by atoms with Crippen molar-refractivity contribution in [2.45, 2.75) is 0 Å². The van der Waals surface area contributed by atoms with E-state index in [9.17, 15) is 0 Å². The van der Waals surface area contributed by atoms with Gasteiger partial charge in [-0.1, -0.05) is 152 Å². The van der Waals surface area contributed by atoms with Crippen LogP contribution in [-0.4, -0.2) is 15.0 Å². The van der Waals surface area contributed by atoms with Crippen LogP contribution in [0.5, 0.6) is 0 Å². The first kappa shape index (κ1) is 30.9. The Balaban J connectivity index is 0.989. The summed E-state index contributed by atoms with van der Waals surface area (Å²) in [5.41, 5.74) is 11.8. The van der Waals surface area contributed by atoms with Crippen LogP contribution in [0.4, 0.5) is 0 Å². The van der Waals surface area contributed by atoms with E-state index >= 15 is 0 Å². The number of aromatic nitrogens is 3. The van der Waals surface area contributed by atoms with Gasteiger partial charge in [-0.3, -0.25) is 4.98 Å². The Kier molecular flexibility index (Phi) is 6.63. The number of hydrogen-bond donors (Lipinski definition) is 0. The average Bonchev–Trinajstić information content (AvgIpc) is 3.27. The highest BCUT2D eigenvalue weighted by molar-refractivity contribution is 6.27. The molecule has 3 aromatic heterocycles. The Morgan fingerprint density at radius 3 is 1.62 bits per heavy atom. The van der Waals surface area contributed by atoms with Gasteiger partial charge in [-0.15, -0.1) is 0 Å². The van der Waals surface area contributed by atoms with Crippen LogP contribution in [0.2, 0.25) is 0 Å². The molecule has 9 aromatic carbocycles. The second kappa shape index (κ2) is 12.0. The highest BCUT2D eigenvalue weighted by Gasteiger charge is 2.17. The van der Waals surface area contributed by atoms with Crippen molar-refractivity contribution in [1.29, 1.82) is 0 Å². The summed E-state index contributed by atoms with van der Waals surface area (Å²) >= 11 is 0. The zero-order chi connectivity index (χ0) is 36.7. The average molecular weight is 710 g/mol. The van der Waals surface area contributed by atoms with Crippen LogP contribution in [0.25, 0.3) is 121 Å². The molecule has 0 amide bonds. The first-order valence-electron chi connectivity index (χ1n) is 19.1. The molecule has 0 spiro atoms. The zero-order valence-electron chi connectivity index (χ0n) is 30.2. The van der Waals surface area contributed by atoms with Crippen molar-refractivity contribution in [3.05, 3.63) is 188 Å². The highest BCUT2D eigenvalue weighted by atomic mass is 14.8. The molecule has 12 aromatic rings. The maximum absolute atomic E-state index is 5.39. The third kappa shape index (κ3) is 4.74. The van der Waals surface area contributed by atoms with Crippen LogP contribution in [0.15, 0.2) is 188 Å². The second-order valence-corrected chi connectivity index (χ2v) is 14.8. The standard InChI is InChI=1S/C53H31N3/c1-2-8-41-32(5-1)6-3-9-42(41)33-10-12-34(13-11-33)43-23-16-35-19-26-46-44(24-17-36-18-25-45(43)50(35)51(36)46)49-29-21-38-15-14-37-20-28-48(55-52(37)53(38)56-49)40-22-27-47-39(31-40)7-4-30-54-47/h1-31H. The van der Waals surface area contributed by atoms with Crippen molar-refractivity contribution >= 4 is 75.8 Å². The van der Waals surface area contributed by atoms with E-state index in [-0.39, 0.29) is 0 Å². The predicted octanol–water partition coefficient (Wildman–Crippen LogP) is 14.0. The lowest BCUT2D eigenvalue weighted by Gasteiger charge is -2.17. The number of fused-ring (bicyclic) bond motifs is 5. The Labute approximate surface area is 322 Å². The smallest absolute Gasteiger partial charge is 0.0972 e. The van der Waals surface area contributed by atoms with Crippen molar-refractivity contribution in [3.63, 3.8) is 0 Å². The summed E-state index contributed by atoms with van der Waals surface area (Å²) in [4.78, 5) is 15.1. The zero-order valence-corrected chi connectivity index (χ0v) is 30.2. The van der Waals surface area contributed by atoms with Gasteiger partial charge in [0.2, 0.25) is 0 Å². The summed E-state index contributed by atoms with van der Waals surface area (Å²) in [5, 5.41) is 13.3. The van der Waals surface area contributed by atoms with Crippen molar-refractivity contribution < 1.29 is 0 Å². The predicted molar refractivity (Wildman–Crippen MR) is 235 cm³/mol. The molecule has 0 unspecified atom stereocenters. The van der Waals surface area contributed by atoms with Gasteiger partial charge in [-0.2, -0.15) is 0 Å². The van der Waals surface area contributed by atoms with Gasteiger partial charge in [0, 0.05) is 33.5 Å². The minimum absolute atomic E-state index is 0.905. The van der Waals surface area contributed by atoms with Crippen molar-refractivity contribution in [1.82, 2.24) is 15.0 Å². The van der Waals surface area contributed by atoms with Gasteiger partial charge in [0.15, 0.2) is 0 Å². The molecular weight excluding hydrogens is 679 g/mol. The molecule has 3 heterocycles. The number of benzene rings is 9. The summed E-state index contributed by atoms with van der Waals surface area (Å²) < 4.78 is 0. The van der Waals surface area contributed by atoms with E-state index in [2.05, 4.69) is 181 Å². The number of rotatable bonds is 4. The maximum atomic E-state index is 5.39. The molecule has 0 saturated carbocycles. The van der Waals surface area contributed by atoms with Gasteiger partial charge >= 0.3 is 0 Å². The van der Waals surface area contributed by atoms with Crippen molar-refractivity contribution in [2.24, 2.45) is 0 Å². The lowest BCUT2D eigenvalue weighted by atomic mass is 9.87. The van der Waals surface area contributed by atoms with Gasteiger partial charge in [0.05, 0.1) is 27.9 Å². The number of pyridine rings is 3. The molecule has 0 radical (unpaired) electrons. The molecule has 0 atom stereocenters. The fraction of sp³-hybridized carbons (Fsp3) is 0. The quantitative estimate of drug-likeness (QED) is 0.171. The Morgan fingerprint density at radius 2 is 0.857 bits per heavy atom. The molecule has 0 bridgehead atoms. The molecule has 56 heavy (non-hydrogen) atoms. The second-order valence-electron chi connectivity index (χ2n) is 14.8. The van der Waals surface area contributed by atoms with Gasteiger partial charge in [0.25, 0.3) is 0 Å². The first-order valence-corrected chi connectivity index (χ1v) is 19.1. The van der Waals surface area contributed by atoms with Gasteiger partial charge < -0.3 is 0 Å². The van der Waals surface area contributed by atoms with Crippen LogP contribution in [-0.2, 0) is 0 Å². The SMILES string of the molecule is c1cnc2ccc(-c3ccc4ccc5ccc(-c6ccc7ccc8c(-c9ccc(-c%10cccc%11ccccc%10%11)cc9)ccc9ccc6c7c98)nc5c4n3)cc2c1. The van der Waals surface area contributed by atoms with Crippen LogP contribution in [0.3, 0.4) is 0 Å². The summed E-state index contributed by atoms with van der Waals surface area (Å²) in [6.45, 7) is 0. The van der Waals surface area contributed by atoms with Gasteiger partial charge in [-0.05, 0) is 95.7 Å². The molecule has 0 saturated heterocycles. The van der Waals surface area contributed by atoms with Crippen LogP contribution < -0.4 is 0 Å². The molecule has 0 aliphatic carbocycles. The normalized spacial score (nSPS) is 11.9. The molecule has 0 N–H and O–H groups in total. The van der Waals surface area contributed by atoms with Gasteiger partial charge in [0.1, 0.15) is 0 Å². The topological polar surface area (TPSA) is 38.7 Å². The summed E-state index contributed by atoms with van der Waals surface area (Å²) in [6, 6.07) is 65.7. The van der Waals surface area contributed by atoms with E-state index in [1.165, 1.54) is 65.3 Å². The van der Waals surface area contributed by atoms with Crippen molar-refractivity contribution in [2.75, 3.05) is 0 Å². The third-order valence-electron chi connectivity index (χ3n) is 11.7. The van der Waals surface area contributed by atoms with E-state index in [1.807, 2.05) is 12.3 Å². The van der Waals surface area contributed by atoms with E-state index in [4.69, 9.17) is 9.97 Å². The van der Waals surface area contributed by atoms with E-state index < -0.39 is 0 Å². The summed E-state index contributed by atoms with van der Waals surface area (Å²) in [5.74, 6) is 0. The molecule has 0 aliphatic rings. The highest BCUT2D eigenvalue weighted by Crippen LogP contribution is 2.43. The fourth-order valence-corrected chi connectivity index (χ4v) is 8.90. The Hall–Kier alpha value is -7.49. The molecule has 0 fully saturated rings.